The number of nitrogens with one attached hydrogen (secondary N) is 1. The Labute approximate surface area is 214 Å². The third-order valence-electron chi connectivity index (χ3n) is 5.39. The lowest BCUT2D eigenvalue weighted by atomic mass is 10.2. The number of halogens is 1. The first-order valence-electron chi connectivity index (χ1n) is 11.0. The van der Waals surface area contributed by atoms with Crippen molar-refractivity contribution in [1.82, 2.24) is 14.5 Å². The van der Waals surface area contributed by atoms with E-state index in [0.29, 0.717) is 23.1 Å². The number of sulfonamides is 1. The average molecular weight is 526 g/mol. The lowest BCUT2D eigenvalue weighted by molar-refractivity contribution is 0.0975. The number of aromatic nitrogens is 2. The average Bonchev–Trinajstić information content (AvgIpc) is 3.24. The molecule has 36 heavy (non-hydrogen) atoms. The van der Waals surface area contributed by atoms with Crippen LogP contribution in [0.4, 0.5) is 0 Å². The Balaban J connectivity index is 1.50. The van der Waals surface area contributed by atoms with Gasteiger partial charge in [-0.3, -0.25) is 9.48 Å². The van der Waals surface area contributed by atoms with Crippen molar-refractivity contribution in [3.8, 4) is 11.5 Å². The number of hydrogen-bond donors (Lipinski definition) is 1. The molecule has 8 nitrogen and oxygen atoms in total. The number of carbonyl (C=O) groups is 1. The van der Waals surface area contributed by atoms with Crippen molar-refractivity contribution >= 4 is 27.5 Å². The van der Waals surface area contributed by atoms with Gasteiger partial charge >= 0.3 is 0 Å². The standard InChI is InChI=1S/C26H24ClN3O5S/c1-18-14-24(26(31)29-36(32,33)23-6-4-3-5-7-23)28-30(18)16-20-15-21(27)10-13-25(20)35-17-19-8-11-22(34-2)12-9-19/h3-15H,16-17H2,1-2H3,(H,29,31). The fourth-order valence-corrected chi connectivity index (χ4v) is 4.65. The Morgan fingerprint density at radius 2 is 1.75 bits per heavy atom. The fourth-order valence-electron chi connectivity index (χ4n) is 3.47. The highest BCUT2D eigenvalue weighted by atomic mass is 35.5. The summed E-state index contributed by atoms with van der Waals surface area (Å²) in [6.45, 7) is 2.38. The minimum atomic E-state index is -4.01. The summed E-state index contributed by atoms with van der Waals surface area (Å²) in [5.41, 5.74) is 2.37. The third kappa shape index (κ3) is 6.05. The normalized spacial score (nSPS) is 11.2. The smallest absolute Gasteiger partial charge is 0.285 e. The van der Waals surface area contributed by atoms with Crippen LogP contribution >= 0.6 is 11.6 Å². The van der Waals surface area contributed by atoms with E-state index in [1.54, 1.807) is 55.1 Å². The molecule has 0 aliphatic rings. The summed E-state index contributed by atoms with van der Waals surface area (Å²) in [6, 6.07) is 22.0. The van der Waals surface area contributed by atoms with Crippen LogP contribution < -0.4 is 14.2 Å². The zero-order valence-electron chi connectivity index (χ0n) is 19.6. The largest absolute Gasteiger partial charge is 0.497 e. The molecule has 10 heteroatoms. The van der Waals surface area contributed by atoms with Crippen molar-refractivity contribution in [2.75, 3.05) is 7.11 Å². The predicted molar refractivity (Wildman–Crippen MR) is 136 cm³/mol. The molecule has 1 N–H and O–H groups in total. The molecule has 0 saturated heterocycles. The van der Waals surface area contributed by atoms with Gasteiger partial charge in [-0.25, -0.2) is 13.1 Å². The first-order valence-corrected chi connectivity index (χ1v) is 12.8. The molecule has 4 aromatic rings. The number of benzene rings is 3. The topological polar surface area (TPSA) is 99.5 Å². The molecular weight excluding hydrogens is 502 g/mol. The summed E-state index contributed by atoms with van der Waals surface area (Å²) in [7, 11) is -2.40. The molecule has 0 unspecified atom stereocenters. The van der Waals surface area contributed by atoms with Crippen molar-refractivity contribution in [2.24, 2.45) is 0 Å². The van der Waals surface area contributed by atoms with Gasteiger partial charge in [0, 0.05) is 16.3 Å². The Kier molecular flexibility index (Phi) is 7.61. The fraction of sp³-hybridized carbons (Fsp3) is 0.154. The zero-order chi connectivity index (χ0) is 25.7. The second-order valence-corrected chi connectivity index (χ2v) is 10.1. The van der Waals surface area contributed by atoms with Crippen LogP contribution in [-0.2, 0) is 23.2 Å². The second kappa shape index (κ2) is 10.8. The van der Waals surface area contributed by atoms with Gasteiger partial charge in [0.05, 0.1) is 18.6 Å². The van der Waals surface area contributed by atoms with Gasteiger partial charge in [0.2, 0.25) is 0 Å². The van der Waals surface area contributed by atoms with Crippen molar-refractivity contribution < 1.29 is 22.7 Å². The third-order valence-corrected chi connectivity index (χ3v) is 6.97. The molecule has 0 radical (unpaired) electrons. The van der Waals surface area contributed by atoms with Crippen LogP contribution in [0.5, 0.6) is 11.5 Å². The van der Waals surface area contributed by atoms with Gasteiger partial charge in [0.1, 0.15) is 18.1 Å². The van der Waals surface area contributed by atoms with Crippen LogP contribution in [0.25, 0.3) is 0 Å². The Morgan fingerprint density at radius 1 is 1.03 bits per heavy atom. The lowest BCUT2D eigenvalue weighted by Gasteiger charge is -2.13. The zero-order valence-corrected chi connectivity index (χ0v) is 21.2. The van der Waals surface area contributed by atoms with Gasteiger partial charge in [0.25, 0.3) is 15.9 Å². The summed E-state index contributed by atoms with van der Waals surface area (Å²) in [5.74, 6) is 0.557. The van der Waals surface area contributed by atoms with Gasteiger partial charge in [-0.15, -0.1) is 0 Å². The molecule has 186 valence electrons. The van der Waals surface area contributed by atoms with Crippen LogP contribution in [0.15, 0.2) is 83.8 Å². The molecule has 0 saturated carbocycles. The van der Waals surface area contributed by atoms with E-state index in [2.05, 4.69) is 9.82 Å². The number of nitrogens with zero attached hydrogens (tertiary/aromatic N) is 2. The predicted octanol–water partition coefficient (Wildman–Crippen LogP) is 4.60. The van der Waals surface area contributed by atoms with E-state index in [-0.39, 0.29) is 17.1 Å². The number of aryl methyl sites for hydroxylation is 1. The molecule has 0 aliphatic carbocycles. The van der Waals surface area contributed by atoms with Gasteiger partial charge in [-0.05, 0) is 61.0 Å². The maximum absolute atomic E-state index is 12.7. The van der Waals surface area contributed by atoms with E-state index >= 15 is 0 Å². The molecule has 0 atom stereocenters. The highest BCUT2D eigenvalue weighted by Crippen LogP contribution is 2.26. The number of rotatable bonds is 9. The van der Waals surface area contributed by atoms with Crippen molar-refractivity contribution in [2.45, 2.75) is 25.0 Å². The maximum atomic E-state index is 12.7. The first-order chi connectivity index (χ1) is 17.2. The molecule has 1 aromatic heterocycles. The summed E-state index contributed by atoms with van der Waals surface area (Å²) in [5, 5.41) is 4.85. The van der Waals surface area contributed by atoms with E-state index in [4.69, 9.17) is 21.1 Å². The monoisotopic (exact) mass is 525 g/mol. The first kappa shape index (κ1) is 25.3. The number of ether oxygens (including phenoxy) is 2. The summed E-state index contributed by atoms with van der Waals surface area (Å²) in [6.07, 6.45) is 0. The van der Waals surface area contributed by atoms with E-state index in [0.717, 1.165) is 16.9 Å². The summed E-state index contributed by atoms with van der Waals surface area (Å²) in [4.78, 5) is 12.6. The van der Waals surface area contributed by atoms with Crippen molar-refractivity contribution in [1.29, 1.82) is 0 Å². The minimum Gasteiger partial charge on any atom is -0.497 e. The molecule has 0 fully saturated rings. The van der Waals surface area contributed by atoms with Gasteiger partial charge in [-0.2, -0.15) is 5.10 Å². The SMILES string of the molecule is COc1ccc(COc2ccc(Cl)cc2Cn2nc(C(=O)NS(=O)(=O)c3ccccc3)cc2C)cc1. The van der Waals surface area contributed by atoms with E-state index in [1.807, 2.05) is 24.3 Å². The van der Waals surface area contributed by atoms with Gasteiger partial charge < -0.3 is 9.47 Å². The lowest BCUT2D eigenvalue weighted by Crippen LogP contribution is -2.31. The highest BCUT2D eigenvalue weighted by Gasteiger charge is 2.21. The number of hydrogen-bond acceptors (Lipinski definition) is 6. The number of amides is 1. The van der Waals surface area contributed by atoms with Crippen LogP contribution in [0, 0.1) is 6.92 Å². The van der Waals surface area contributed by atoms with Crippen LogP contribution in [0.1, 0.15) is 27.3 Å². The molecule has 0 aliphatic heterocycles. The Hall–Kier alpha value is -3.82. The number of methoxy groups -OCH3 is 1. The Morgan fingerprint density at radius 3 is 2.44 bits per heavy atom. The van der Waals surface area contributed by atoms with Gasteiger partial charge in [-0.1, -0.05) is 41.9 Å². The van der Waals surface area contributed by atoms with E-state index < -0.39 is 15.9 Å². The molecule has 0 spiro atoms. The highest BCUT2D eigenvalue weighted by molar-refractivity contribution is 7.90. The molecule has 3 aromatic carbocycles. The molecule has 1 amide bonds. The minimum absolute atomic E-state index is 0.00733. The molecule has 4 rings (SSSR count). The van der Waals surface area contributed by atoms with Crippen LogP contribution in [0.2, 0.25) is 5.02 Å². The van der Waals surface area contributed by atoms with Crippen molar-refractivity contribution in [3.05, 3.63) is 106 Å². The van der Waals surface area contributed by atoms with Crippen molar-refractivity contribution in [3.63, 3.8) is 0 Å². The molecule has 1 heterocycles. The molecular formula is C26H24ClN3O5S. The van der Waals surface area contributed by atoms with E-state index in [1.165, 1.54) is 18.2 Å². The Bertz CT molecular complexity index is 1470. The summed E-state index contributed by atoms with van der Waals surface area (Å²) < 4.78 is 39.9. The van der Waals surface area contributed by atoms with Gasteiger partial charge in [0.15, 0.2) is 5.69 Å². The quantitative estimate of drug-likeness (QED) is 0.343. The molecule has 0 bridgehead atoms. The maximum Gasteiger partial charge on any atom is 0.285 e. The second-order valence-electron chi connectivity index (χ2n) is 7.97. The van der Waals surface area contributed by atoms with Crippen LogP contribution in [-0.4, -0.2) is 31.2 Å². The summed E-state index contributed by atoms with van der Waals surface area (Å²) >= 11 is 6.23. The number of carbonyl (C=O) groups excluding carboxylic acids is 1. The van der Waals surface area contributed by atoms with Crippen LogP contribution in [0.3, 0.4) is 0 Å². The van der Waals surface area contributed by atoms with E-state index in [9.17, 15) is 13.2 Å².